The molecule has 2 rings (SSSR count). The summed E-state index contributed by atoms with van der Waals surface area (Å²) in [7, 11) is 1.92. The zero-order chi connectivity index (χ0) is 14.1. The van der Waals surface area contributed by atoms with Crippen molar-refractivity contribution in [3.05, 3.63) is 23.9 Å². The Morgan fingerprint density at radius 1 is 1.26 bits per heavy atom. The quantitative estimate of drug-likeness (QED) is 0.909. The van der Waals surface area contributed by atoms with Gasteiger partial charge in [0.15, 0.2) is 0 Å². The maximum Gasteiger partial charge on any atom is 0.130 e. The third kappa shape index (κ3) is 3.67. The van der Waals surface area contributed by atoms with Crippen LogP contribution in [0.3, 0.4) is 0 Å². The summed E-state index contributed by atoms with van der Waals surface area (Å²) in [6.45, 7) is 11.4. The molecule has 1 aliphatic rings. The molecular formula is C15H25N3O. The summed E-state index contributed by atoms with van der Waals surface area (Å²) in [6.07, 6.45) is 1.82. The van der Waals surface area contributed by atoms with E-state index in [1.807, 2.05) is 19.3 Å². The maximum absolute atomic E-state index is 6.11. The van der Waals surface area contributed by atoms with Crippen molar-refractivity contribution in [3.63, 3.8) is 0 Å². The molecular weight excluding hydrogens is 238 g/mol. The lowest BCUT2D eigenvalue weighted by atomic mass is 9.98. The maximum atomic E-state index is 6.11. The second-order valence-electron chi connectivity index (χ2n) is 6.53. The van der Waals surface area contributed by atoms with Crippen LogP contribution in [-0.2, 0) is 11.3 Å². The van der Waals surface area contributed by atoms with Crippen molar-refractivity contribution in [2.24, 2.45) is 0 Å². The molecule has 1 saturated heterocycles. The number of morpholine rings is 1. The molecule has 4 heteroatoms. The molecule has 0 atom stereocenters. The minimum atomic E-state index is -0.107. The number of aromatic nitrogens is 1. The number of hydrogen-bond donors (Lipinski definition) is 1. The normalized spacial score (nSPS) is 22.2. The van der Waals surface area contributed by atoms with Crippen molar-refractivity contribution >= 4 is 5.82 Å². The van der Waals surface area contributed by atoms with Gasteiger partial charge in [-0.1, -0.05) is 6.07 Å². The van der Waals surface area contributed by atoms with Gasteiger partial charge in [-0.25, -0.2) is 4.98 Å². The lowest BCUT2D eigenvalue weighted by molar-refractivity contribution is -0.182. The third-order valence-corrected chi connectivity index (χ3v) is 3.28. The first-order valence-corrected chi connectivity index (χ1v) is 6.85. The first-order chi connectivity index (χ1) is 8.81. The van der Waals surface area contributed by atoms with Crippen molar-refractivity contribution in [1.29, 1.82) is 0 Å². The molecule has 0 spiro atoms. The van der Waals surface area contributed by atoms with E-state index in [9.17, 15) is 0 Å². The molecule has 4 nitrogen and oxygen atoms in total. The SMILES string of the molecule is CNc1ncccc1CN1CC(C)(C)OC(C)(C)C1. The fraction of sp³-hybridized carbons (Fsp3) is 0.667. The number of ether oxygens (including phenoxy) is 1. The van der Waals surface area contributed by atoms with Crippen molar-refractivity contribution < 1.29 is 4.74 Å². The molecule has 106 valence electrons. The Bertz CT molecular complexity index is 427. The second kappa shape index (κ2) is 5.10. The number of nitrogens with zero attached hydrogens (tertiary/aromatic N) is 2. The highest BCUT2D eigenvalue weighted by atomic mass is 16.5. The molecule has 1 fully saturated rings. The van der Waals surface area contributed by atoms with Crippen LogP contribution in [0.5, 0.6) is 0 Å². The van der Waals surface area contributed by atoms with Gasteiger partial charge in [0.25, 0.3) is 0 Å². The number of nitrogens with one attached hydrogen (secondary N) is 1. The van der Waals surface area contributed by atoms with E-state index in [2.05, 4.69) is 49.0 Å². The number of pyridine rings is 1. The van der Waals surface area contributed by atoms with Crippen LogP contribution in [0.2, 0.25) is 0 Å². The van der Waals surface area contributed by atoms with E-state index in [0.29, 0.717) is 0 Å². The largest absolute Gasteiger partial charge is 0.373 e. The van der Waals surface area contributed by atoms with Gasteiger partial charge in [-0.2, -0.15) is 0 Å². The Labute approximate surface area is 116 Å². The molecule has 0 saturated carbocycles. The van der Waals surface area contributed by atoms with Gasteiger partial charge in [0, 0.05) is 38.4 Å². The Hall–Kier alpha value is -1.13. The summed E-state index contributed by atoms with van der Waals surface area (Å²) in [5.41, 5.74) is 1.02. The highest BCUT2D eigenvalue weighted by molar-refractivity contribution is 5.42. The third-order valence-electron chi connectivity index (χ3n) is 3.28. The minimum absolute atomic E-state index is 0.107. The van der Waals surface area contributed by atoms with Crippen LogP contribution in [-0.4, -0.2) is 41.2 Å². The van der Waals surface area contributed by atoms with E-state index in [1.165, 1.54) is 5.56 Å². The van der Waals surface area contributed by atoms with Crippen LogP contribution in [0.1, 0.15) is 33.3 Å². The first kappa shape index (κ1) is 14.3. The average molecular weight is 263 g/mol. The van der Waals surface area contributed by atoms with Crippen LogP contribution < -0.4 is 5.32 Å². The summed E-state index contributed by atoms with van der Waals surface area (Å²) < 4.78 is 6.11. The van der Waals surface area contributed by atoms with Gasteiger partial charge < -0.3 is 10.1 Å². The molecule has 1 N–H and O–H groups in total. The van der Waals surface area contributed by atoms with Gasteiger partial charge in [0.05, 0.1) is 11.2 Å². The monoisotopic (exact) mass is 263 g/mol. The number of anilines is 1. The lowest BCUT2D eigenvalue weighted by Crippen LogP contribution is -2.56. The van der Waals surface area contributed by atoms with E-state index in [1.54, 1.807) is 0 Å². The molecule has 1 aromatic heterocycles. The molecule has 2 heterocycles. The molecule has 0 aromatic carbocycles. The van der Waals surface area contributed by atoms with Crippen molar-refractivity contribution in [2.75, 3.05) is 25.5 Å². The summed E-state index contributed by atoms with van der Waals surface area (Å²) in [6, 6.07) is 4.13. The van der Waals surface area contributed by atoms with E-state index in [4.69, 9.17) is 4.74 Å². The Kier molecular flexibility index (Phi) is 3.83. The molecule has 0 aliphatic carbocycles. The molecule has 1 aromatic rings. The Balaban J connectivity index is 2.14. The minimum Gasteiger partial charge on any atom is -0.373 e. The van der Waals surface area contributed by atoms with Crippen LogP contribution in [0, 0.1) is 0 Å². The van der Waals surface area contributed by atoms with Crippen molar-refractivity contribution in [1.82, 2.24) is 9.88 Å². The van der Waals surface area contributed by atoms with E-state index < -0.39 is 0 Å². The smallest absolute Gasteiger partial charge is 0.130 e. The van der Waals surface area contributed by atoms with Crippen LogP contribution in [0.15, 0.2) is 18.3 Å². The number of hydrogen-bond acceptors (Lipinski definition) is 4. The van der Waals surface area contributed by atoms with Gasteiger partial charge in [0.2, 0.25) is 0 Å². The summed E-state index contributed by atoms with van der Waals surface area (Å²) in [5.74, 6) is 0.963. The molecule has 1 aliphatic heterocycles. The van der Waals surface area contributed by atoms with Crippen molar-refractivity contribution in [2.45, 2.75) is 45.4 Å². The first-order valence-electron chi connectivity index (χ1n) is 6.85. The van der Waals surface area contributed by atoms with Gasteiger partial charge in [0.1, 0.15) is 5.82 Å². The fourth-order valence-corrected chi connectivity index (χ4v) is 3.09. The predicted octanol–water partition coefficient (Wildman–Crippen LogP) is 2.51. The van der Waals surface area contributed by atoms with E-state index in [0.717, 1.165) is 25.5 Å². The zero-order valence-corrected chi connectivity index (χ0v) is 12.7. The predicted molar refractivity (Wildman–Crippen MR) is 78.3 cm³/mol. The van der Waals surface area contributed by atoms with Crippen LogP contribution in [0.25, 0.3) is 0 Å². The van der Waals surface area contributed by atoms with Gasteiger partial charge in [-0.15, -0.1) is 0 Å². The highest BCUT2D eigenvalue weighted by Gasteiger charge is 2.38. The molecule has 0 amide bonds. The number of rotatable bonds is 3. The van der Waals surface area contributed by atoms with Gasteiger partial charge >= 0.3 is 0 Å². The van der Waals surface area contributed by atoms with Gasteiger partial charge in [-0.05, 0) is 33.8 Å². The molecule has 19 heavy (non-hydrogen) atoms. The Morgan fingerprint density at radius 2 is 1.89 bits per heavy atom. The van der Waals surface area contributed by atoms with Gasteiger partial charge in [-0.3, -0.25) is 4.90 Å². The lowest BCUT2D eigenvalue weighted by Gasteiger charge is -2.47. The van der Waals surface area contributed by atoms with Crippen LogP contribution in [0.4, 0.5) is 5.82 Å². The fourth-order valence-electron chi connectivity index (χ4n) is 3.09. The van der Waals surface area contributed by atoms with E-state index in [-0.39, 0.29) is 11.2 Å². The average Bonchev–Trinajstić information content (AvgIpc) is 2.25. The van der Waals surface area contributed by atoms with E-state index >= 15 is 0 Å². The molecule has 0 radical (unpaired) electrons. The summed E-state index contributed by atoms with van der Waals surface area (Å²) >= 11 is 0. The molecule has 0 unspecified atom stereocenters. The zero-order valence-electron chi connectivity index (χ0n) is 12.7. The second-order valence-corrected chi connectivity index (χ2v) is 6.53. The molecule has 0 bridgehead atoms. The highest BCUT2D eigenvalue weighted by Crippen LogP contribution is 2.29. The summed E-state index contributed by atoms with van der Waals surface area (Å²) in [4.78, 5) is 6.81. The summed E-state index contributed by atoms with van der Waals surface area (Å²) in [5, 5.41) is 3.16. The van der Waals surface area contributed by atoms with Crippen molar-refractivity contribution in [3.8, 4) is 0 Å². The van der Waals surface area contributed by atoms with Crippen LogP contribution >= 0.6 is 0 Å². The standard InChI is InChI=1S/C15H25N3O/c1-14(2)10-18(11-15(3,4)19-14)9-12-7-6-8-17-13(12)16-5/h6-8H,9-11H2,1-5H3,(H,16,17). The Morgan fingerprint density at radius 3 is 2.47 bits per heavy atom. The topological polar surface area (TPSA) is 37.4 Å².